The minimum absolute atomic E-state index is 0.883. The summed E-state index contributed by atoms with van der Waals surface area (Å²) in [6.07, 6.45) is 0. The standard InChI is InChI=1S/C40H27NO/c1-4-12-28(13-5-1)30-16-10-19-33(26-30)41(32-17-8-3-9-18-32)37-24-25-38-40-35(20-11-21-36(37)40)34-23-22-31(27-39(34)42-38)29-14-6-2-7-15-29/h1-27H. The predicted molar refractivity (Wildman–Crippen MR) is 175 cm³/mol. The van der Waals surface area contributed by atoms with E-state index in [1.165, 1.54) is 22.3 Å². The zero-order valence-electron chi connectivity index (χ0n) is 22.9. The summed E-state index contributed by atoms with van der Waals surface area (Å²) < 4.78 is 6.62. The minimum Gasteiger partial charge on any atom is -0.456 e. The van der Waals surface area contributed by atoms with E-state index in [-0.39, 0.29) is 0 Å². The van der Waals surface area contributed by atoms with E-state index in [9.17, 15) is 0 Å². The summed E-state index contributed by atoms with van der Waals surface area (Å²) in [5, 5.41) is 2.28. The van der Waals surface area contributed by atoms with Crippen molar-refractivity contribution in [2.24, 2.45) is 0 Å². The van der Waals surface area contributed by atoms with Crippen LogP contribution in [0.1, 0.15) is 0 Å². The van der Waals surface area contributed by atoms with Gasteiger partial charge in [-0.2, -0.15) is 0 Å². The lowest BCUT2D eigenvalue weighted by molar-refractivity contribution is 0.487. The second kappa shape index (κ2) is 10.1. The van der Waals surface area contributed by atoms with E-state index in [1.807, 2.05) is 6.07 Å². The number of nitrogens with zero attached hydrogens (tertiary/aromatic N) is 1. The zero-order chi connectivity index (χ0) is 27.9. The molecule has 2 heteroatoms. The van der Waals surface area contributed by atoms with E-state index in [0.29, 0.717) is 0 Å². The number of ether oxygens (including phenoxy) is 1. The van der Waals surface area contributed by atoms with Crippen LogP contribution in [0.25, 0.3) is 44.2 Å². The lowest BCUT2D eigenvalue weighted by Gasteiger charge is -2.29. The first-order chi connectivity index (χ1) is 20.8. The molecule has 0 amide bonds. The highest BCUT2D eigenvalue weighted by Crippen LogP contribution is 2.51. The summed E-state index contributed by atoms with van der Waals surface area (Å²) in [4.78, 5) is 2.35. The molecule has 42 heavy (non-hydrogen) atoms. The number of rotatable bonds is 5. The van der Waals surface area contributed by atoms with Crippen LogP contribution in [-0.4, -0.2) is 0 Å². The van der Waals surface area contributed by atoms with Gasteiger partial charge in [0, 0.05) is 27.7 Å². The molecule has 7 aromatic rings. The van der Waals surface area contributed by atoms with Gasteiger partial charge in [0.15, 0.2) is 0 Å². The quantitative estimate of drug-likeness (QED) is 0.216. The monoisotopic (exact) mass is 537 g/mol. The van der Waals surface area contributed by atoms with Gasteiger partial charge < -0.3 is 9.64 Å². The first-order valence-corrected chi connectivity index (χ1v) is 14.3. The van der Waals surface area contributed by atoms with Crippen molar-refractivity contribution in [3.8, 4) is 44.9 Å². The van der Waals surface area contributed by atoms with E-state index in [0.717, 1.165) is 50.5 Å². The highest BCUT2D eigenvalue weighted by Gasteiger charge is 2.24. The van der Waals surface area contributed by atoms with Crippen LogP contribution in [0.4, 0.5) is 17.1 Å². The van der Waals surface area contributed by atoms with Crippen molar-refractivity contribution >= 4 is 27.8 Å². The largest absolute Gasteiger partial charge is 0.456 e. The Hall–Kier alpha value is -5.60. The molecule has 7 aromatic carbocycles. The van der Waals surface area contributed by atoms with E-state index in [1.54, 1.807) is 0 Å². The molecule has 0 atom stereocenters. The lowest BCUT2D eigenvalue weighted by atomic mass is 9.92. The smallest absolute Gasteiger partial charge is 0.136 e. The predicted octanol–water partition coefficient (Wildman–Crippen LogP) is 11.4. The first-order valence-electron chi connectivity index (χ1n) is 14.3. The molecule has 0 saturated heterocycles. The molecule has 0 fully saturated rings. The maximum atomic E-state index is 6.62. The van der Waals surface area contributed by atoms with Gasteiger partial charge in [-0.05, 0) is 76.3 Å². The van der Waals surface area contributed by atoms with Crippen LogP contribution in [0.15, 0.2) is 164 Å². The van der Waals surface area contributed by atoms with E-state index < -0.39 is 0 Å². The Morgan fingerprint density at radius 1 is 0.381 bits per heavy atom. The third-order valence-electron chi connectivity index (χ3n) is 8.04. The molecule has 1 aliphatic heterocycles. The van der Waals surface area contributed by atoms with E-state index >= 15 is 0 Å². The number of hydrogen-bond donors (Lipinski definition) is 0. The molecular formula is C40H27NO. The van der Waals surface area contributed by atoms with Gasteiger partial charge in [-0.1, -0.05) is 115 Å². The van der Waals surface area contributed by atoms with E-state index in [4.69, 9.17) is 4.74 Å². The Morgan fingerprint density at radius 2 is 1.00 bits per heavy atom. The van der Waals surface area contributed by atoms with E-state index in [2.05, 4.69) is 163 Å². The van der Waals surface area contributed by atoms with Crippen molar-refractivity contribution in [1.29, 1.82) is 0 Å². The van der Waals surface area contributed by atoms with Crippen LogP contribution in [0.3, 0.4) is 0 Å². The van der Waals surface area contributed by atoms with Gasteiger partial charge in [0.1, 0.15) is 11.5 Å². The van der Waals surface area contributed by atoms with Gasteiger partial charge in [0.25, 0.3) is 0 Å². The maximum absolute atomic E-state index is 6.62. The molecule has 1 heterocycles. The summed E-state index contributed by atoms with van der Waals surface area (Å²) in [5.41, 5.74) is 10.3. The second-order valence-electron chi connectivity index (χ2n) is 10.6. The number of anilines is 3. The van der Waals surface area contributed by atoms with Crippen molar-refractivity contribution in [3.63, 3.8) is 0 Å². The molecule has 0 bridgehead atoms. The van der Waals surface area contributed by atoms with Crippen LogP contribution < -0.4 is 9.64 Å². The van der Waals surface area contributed by atoms with Crippen LogP contribution >= 0.6 is 0 Å². The topological polar surface area (TPSA) is 12.5 Å². The number of benzene rings is 7. The highest BCUT2D eigenvalue weighted by molar-refractivity contribution is 6.11. The van der Waals surface area contributed by atoms with Gasteiger partial charge in [0.2, 0.25) is 0 Å². The Balaban J connectivity index is 1.30. The number of fused-ring (bicyclic) bond motifs is 2. The van der Waals surface area contributed by atoms with Gasteiger partial charge in [-0.3, -0.25) is 0 Å². The molecule has 0 saturated carbocycles. The fourth-order valence-corrected chi connectivity index (χ4v) is 6.08. The van der Waals surface area contributed by atoms with Crippen molar-refractivity contribution in [2.45, 2.75) is 0 Å². The third kappa shape index (κ3) is 4.13. The fraction of sp³-hybridized carbons (Fsp3) is 0. The summed E-state index contributed by atoms with van der Waals surface area (Å²) in [6.45, 7) is 0. The van der Waals surface area contributed by atoms with Crippen LogP contribution in [0.2, 0.25) is 0 Å². The summed E-state index contributed by atoms with van der Waals surface area (Å²) >= 11 is 0. The zero-order valence-corrected chi connectivity index (χ0v) is 22.9. The Bertz CT molecular complexity index is 2050. The van der Waals surface area contributed by atoms with Crippen LogP contribution in [0.5, 0.6) is 11.5 Å². The fourth-order valence-electron chi connectivity index (χ4n) is 6.08. The Kier molecular flexibility index (Phi) is 5.82. The first kappa shape index (κ1) is 24.2. The van der Waals surface area contributed by atoms with Gasteiger partial charge in [-0.15, -0.1) is 0 Å². The Labute approximate surface area is 245 Å². The SMILES string of the molecule is c1ccc(-c2cccc(N(c3ccccc3)c3ccc4c5c(cccc35)-c3ccc(-c5ccccc5)cc3O4)c2)cc1. The maximum Gasteiger partial charge on any atom is 0.136 e. The van der Waals surface area contributed by atoms with Gasteiger partial charge in [-0.25, -0.2) is 0 Å². The van der Waals surface area contributed by atoms with Crippen molar-refractivity contribution in [3.05, 3.63) is 164 Å². The molecule has 1 aliphatic rings. The van der Waals surface area contributed by atoms with Gasteiger partial charge in [0.05, 0.1) is 5.69 Å². The molecule has 0 radical (unpaired) electrons. The number of para-hydroxylation sites is 1. The summed E-state index contributed by atoms with van der Waals surface area (Å²) in [7, 11) is 0. The molecule has 2 nitrogen and oxygen atoms in total. The summed E-state index contributed by atoms with van der Waals surface area (Å²) in [5.74, 6) is 1.77. The van der Waals surface area contributed by atoms with Crippen LogP contribution in [0, 0.1) is 0 Å². The second-order valence-corrected chi connectivity index (χ2v) is 10.6. The van der Waals surface area contributed by atoms with Crippen molar-refractivity contribution < 1.29 is 4.74 Å². The lowest BCUT2D eigenvalue weighted by Crippen LogP contribution is -2.11. The molecule has 8 rings (SSSR count). The number of hydrogen-bond acceptors (Lipinski definition) is 2. The molecule has 0 N–H and O–H groups in total. The third-order valence-corrected chi connectivity index (χ3v) is 8.04. The Morgan fingerprint density at radius 3 is 1.74 bits per heavy atom. The van der Waals surface area contributed by atoms with Crippen molar-refractivity contribution in [1.82, 2.24) is 0 Å². The normalized spacial score (nSPS) is 11.5. The molecule has 0 aliphatic carbocycles. The minimum atomic E-state index is 0.883. The summed E-state index contributed by atoms with van der Waals surface area (Å²) in [6, 6.07) is 57.8. The van der Waals surface area contributed by atoms with Gasteiger partial charge >= 0.3 is 0 Å². The average molecular weight is 538 g/mol. The molecular weight excluding hydrogens is 510 g/mol. The van der Waals surface area contributed by atoms with Crippen molar-refractivity contribution in [2.75, 3.05) is 4.90 Å². The molecule has 0 unspecified atom stereocenters. The highest BCUT2D eigenvalue weighted by atomic mass is 16.5. The molecule has 198 valence electrons. The van der Waals surface area contributed by atoms with Crippen LogP contribution in [-0.2, 0) is 0 Å². The average Bonchev–Trinajstić information content (AvgIpc) is 3.07. The molecule has 0 spiro atoms. The molecule has 0 aromatic heterocycles.